The van der Waals surface area contributed by atoms with E-state index in [1.54, 1.807) is 0 Å². The van der Waals surface area contributed by atoms with Crippen LogP contribution in [-0.4, -0.2) is 33.9 Å². The molecule has 4 rings (SSSR count). The summed E-state index contributed by atoms with van der Waals surface area (Å²) in [6.45, 7) is 3.74. The largest absolute Gasteiger partial charge is 0.368 e. The van der Waals surface area contributed by atoms with Gasteiger partial charge in [-0.05, 0) is 66.0 Å². The highest BCUT2D eigenvalue weighted by molar-refractivity contribution is 9.10. The van der Waals surface area contributed by atoms with Crippen molar-refractivity contribution in [3.8, 4) is 0 Å². The van der Waals surface area contributed by atoms with Crippen LogP contribution in [0, 0.1) is 6.92 Å². The van der Waals surface area contributed by atoms with Gasteiger partial charge in [0.05, 0.1) is 6.04 Å². The van der Waals surface area contributed by atoms with Gasteiger partial charge < -0.3 is 15.6 Å². The molecule has 0 aliphatic carbocycles. The molecule has 3 N–H and O–H groups in total. The Labute approximate surface area is 184 Å². The standard InChI is InChI=1S/C23H25BrN4O2/c1-15-22(24)18-8-2-3-9-19(18)28(15)14-21(29)26-17-7-4-6-16(12-17)13-27-11-5-10-20(27)23(25)30/h2-4,6-9,12,20H,5,10-11,13-14H2,1H3,(H2,25,30)(H,26,29). The quantitative estimate of drug-likeness (QED) is 0.577. The number of primary amides is 1. The van der Waals surface area contributed by atoms with E-state index < -0.39 is 0 Å². The van der Waals surface area contributed by atoms with E-state index in [0.29, 0.717) is 6.54 Å². The first kappa shape index (κ1) is 20.6. The molecule has 0 saturated carbocycles. The van der Waals surface area contributed by atoms with Crippen LogP contribution in [-0.2, 0) is 22.7 Å². The van der Waals surface area contributed by atoms with Gasteiger partial charge in [-0.25, -0.2) is 0 Å². The lowest BCUT2D eigenvalue weighted by molar-refractivity contribution is -0.122. The van der Waals surface area contributed by atoms with Crippen LogP contribution in [0.4, 0.5) is 5.69 Å². The molecule has 6 nitrogen and oxygen atoms in total. The van der Waals surface area contributed by atoms with E-state index >= 15 is 0 Å². The number of carbonyl (C=O) groups excluding carboxylic acids is 2. The summed E-state index contributed by atoms with van der Waals surface area (Å²) in [7, 11) is 0. The number of aromatic nitrogens is 1. The number of amides is 2. The number of fused-ring (bicyclic) bond motifs is 1. The molecule has 3 aromatic rings. The molecule has 0 spiro atoms. The first-order valence-corrected chi connectivity index (χ1v) is 10.9. The van der Waals surface area contributed by atoms with Crippen LogP contribution in [0.1, 0.15) is 24.1 Å². The van der Waals surface area contributed by atoms with E-state index in [1.807, 2.05) is 60.0 Å². The Balaban J connectivity index is 1.46. The SMILES string of the molecule is Cc1c(Br)c2ccccc2n1CC(=O)Nc1cccc(CN2CCCC2C(N)=O)c1. The van der Waals surface area contributed by atoms with Gasteiger partial charge in [0.2, 0.25) is 11.8 Å². The molecular weight excluding hydrogens is 444 g/mol. The molecule has 1 saturated heterocycles. The maximum atomic E-state index is 12.8. The van der Waals surface area contributed by atoms with E-state index in [2.05, 4.69) is 26.1 Å². The smallest absolute Gasteiger partial charge is 0.244 e. The highest BCUT2D eigenvalue weighted by Crippen LogP contribution is 2.30. The number of halogens is 1. The molecule has 1 aliphatic heterocycles. The van der Waals surface area contributed by atoms with Crippen molar-refractivity contribution in [2.45, 2.75) is 38.9 Å². The van der Waals surface area contributed by atoms with Gasteiger partial charge in [-0.3, -0.25) is 14.5 Å². The minimum Gasteiger partial charge on any atom is -0.368 e. The number of nitrogens with zero attached hydrogens (tertiary/aromatic N) is 2. The number of rotatable bonds is 6. The van der Waals surface area contributed by atoms with Crippen molar-refractivity contribution in [1.29, 1.82) is 0 Å². The van der Waals surface area contributed by atoms with Crippen molar-refractivity contribution >= 4 is 44.3 Å². The molecule has 1 atom stereocenters. The van der Waals surface area contributed by atoms with Crippen LogP contribution < -0.4 is 11.1 Å². The van der Waals surface area contributed by atoms with Crippen LogP contribution in [0.5, 0.6) is 0 Å². The third kappa shape index (κ3) is 4.13. The van der Waals surface area contributed by atoms with E-state index in [4.69, 9.17) is 5.73 Å². The van der Waals surface area contributed by atoms with Crippen molar-refractivity contribution < 1.29 is 9.59 Å². The molecule has 1 aromatic heterocycles. The Morgan fingerprint density at radius 1 is 1.20 bits per heavy atom. The minimum absolute atomic E-state index is 0.0836. The summed E-state index contributed by atoms with van der Waals surface area (Å²) in [4.78, 5) is 26.5. The van der Waals surface area contributed by atoms with Gasteiger partial charge in [0.1, 0.15) is 6.54 Å². The van der Waals surface area contributed by atoms with Gasteiger partial charge >= 0.3 is 0 Å². The third-order valence-corrected chi connectivity index (χ3v) is 6.75. The van der Waals surface area contributed by atoms with Crippen LogP contribution >= 0.6 is 15.9 Å². The van der Waals surface area contributed by atoms with E-state index in [1.165, 1.54) is 0 Å². The highest BCUT2D eigenvalue weighted by atomic mass is 79.9. The lowest BCUT2D eigenvalue weighted by Crippen LogP contribution is -2.39. The molecule has 7 heteroatoms. The van der Waals surface area contributed by atoms with Gasteiger partial charge in [-0.2, -0.15) is 0 Å². The lowest BCUT2D eigenvalue weighted by atomic mass is 10.1. The number of hydrogen-bond donors (Lipinski definition) is 2. The third-order valence-electron chi connectivity index (χ3n) is 5.74. The summed E-state index contributed by atoms with van der Waals surface area (Å²) >= 11 is 3.63. The zero-order chi connectivity index (χ0) is 21.3. The molecule has 1 aliphatic rings. The summed E-state index contributed by atoms with van der Waals surface area (Å²) in [5.41, 5.74) is 9.36. The van der Waals surface area contributed by atoms with Crippen LogP contribution in [0.2, 0.25) is 0 Å². The van der Waals surface area contributed by atoms with Crippen molar-refractivity contribution in [1.82, 2.24) is 9.47 Å². The Morgan fingerprint density at radius 3 is 2.80 bits per heavy atom. The summed E-state index contributed by atoms with van der Waals surface area (Å²) in [6.07, 6.45) is 1.79. The zero-order valence-corrected chi connectivity index (χ0v) is 18.5. The molecule has 2 amide bonds. The second-order valence-corrected chi connectivity index (χ2v) is 8.58. The molecule has 2 aromatic carbocycles. The minimum atomic E-state index is -0.266. The highest BCUT2D eigenvalue weighted by Gasteiger charge is 2.28. The van der Waals surface area contributed by atoms with Gasteiger partial charge in [0, 0.05) is 33.3 Å². The number of anilines is 1. The Morgan fingerprint density at radius 2 is 2.00 bits per heavy atom. The Bertz CT molecular complexity index is 1110. The normalized spacial score (nSPS) is 16.8. The summed E-state index contributed by atoms with van der Waals surface area (Å²) < 4.78 is 3.03. The molecular formula is C23H25BrN4O2. The Hall–Kier alpha value is -2.64. The molecule has 1 unspecified atom stereocenters. The van der Waals surface area contributed by atoms with Crippen molar-refractivity contribution in [2.24, 2.45) is 5.73 Å². The number of likely N-dealkylation sites (tertiary alicyclic amines) is 1. The van der Waals surface area contributed by atoms with E-state index in [0.717, 1.165) is 51.7 Å². The van der Waals surface area contributed by atoms with Crippen molar-refractivity contribution in [2.75, 3.05) is 11.9 Å². The molecule has 2 heterocycles. The Kier molecular flexibility index (Phi) is 5.92. The topological polar surface area (TPSA) is 80.4 Å². The number of carbonyl (C=O) groups is 2. The van der Waals surface area contributed by atoms with Crippen LogP contribution in [0.15, 0.2) is 53.0 Å². The molecule has 156 valence electrons. The number of benzene rings is 2. The second-order valence-electron chi connectivity index (χ2n) is 7.78. The zero-order valence-electron chi connectivity index (χ0n) is 16.9. The predicted molar refractivity (Wildman–Crippen MR) is 122 cm³/mol. The fraction of sp³-hybridized carbons (Fsp3) is 0.304. The molecule has 1 fully saturated rings. The molecule has 0 bridgehead atoms. The number of nitrogens with two attached hydrogens (primary N) is 1. The molecule has 0 radical (unpaired) electrons. The van der Waals surface area contributed by atoms with Crippen molar-refractivity contribution in [3.05, 3.63) is 64.3 Å². The average Bonchev–Trinajstić information content (AvgIpc) is 3.28. The first-order valence-electron chi connectivity index (χ1n) is 10.1. The van der Waals surface area contributed by atoms with E-state index in [9.17, 15) is 9.59 Å². The number of nitrogens with one attached hydrogen (secondary N) is 1. The van der Waals surface area contributed by atoms with Gasteiger partial charge in [0.15, 0.2) is 0 Å². The summed E-state index contributed by atoms with van der Waals surface area (Å²) in [6, 6.07) is 15.6. The van der Waals surface area contributed by atoms with E-state index in [-0.39, 0.29) is 24.4 Å². The first-order chi connectivity index (χ1) is 14.4. The lowest BCUT2D eigenvalue weighted by Gasteiger charge is -2.22. The maximum absolute atomic E-state index is 12.8. The molecule has 30 heavy (non-hydrogen) atoms. The van der Waals surface area contributed by atoms with Gasteiger partial charge in [-0.15, -0.1) is 0 Å². The predicted octanol–water partition coefficient (Wildman–Crippen LogP) is 3.80. The fourth-order valence-corrected chi connectivity index (χ4v) is 4.81. The number of para-hydroxylation sites is 1. The second kappa shape index (κ2) is 8.62. The summed E-state index contributed by atoms with van der Waals surface area (Å²) in [5.74, 6) is -0.350. The van der Waals surface area contributed by atoms with Crippen molar-refractivity contribution in [3.63, 3.8) is 0 Å². The van der Waals surface area contributed by atoms with Gasteiger partial charge in [-0.1, -0.05) is 30.3 Å². The van der Waals surface area contributed by atoms with Crippen LogP contribution in [0.25, 0.3) is 10.9 Å². The van der Waals surface area contributed by atoms with Crippen LogP contribution in [0.3, 0.4) is 0 Å². The monoisotopic (exact) mass is 468 g/mol. The average molecular weight is 469 g/mol. The maximum Gasteiger partial charge on any atom is 0.244 e. The summed E-state index contributed by atoms with van der Waals surface area (Å²) in [5, 5.41) is 4.10. The fourth-order valence-electron chi connectivity index (χ4n) is 4.26. The number of hydrogen-bond acceptors (Lipinski definition) is 3. The van der Waals surface area contributed by atoms with Gasteiger partial charge in [0.25, 0.3) is 0 Å².